The largest absolute Gasteiger partial charge is 0.322 e. The van der Waals surface area contributed by atoms with Gasteiger partial charge in [-0.2, -0.15) is 4.31 Å². The molecule has 0 bridgehead atoms. The van der Waals surface area contributed by atoms with Gasteiger partial charge in [0.15, 0.2) is 0 Å². The lowest BCUT2D eigenvalue weighted by molar-refractivity contribution is -0.139. The number of sulfonamides is 1. The van der Waals surface area contributed by atoms with E-state index in [0.29, 0.717) is 24.3 Å². The van der Waals surface area contributed by atoms with Crippen molar-refractivity contribution >= 4 is 33.4 Å². The molecule has 1 aliphatic rings. The number of rotatable bonds is 8. The van der Waals surface area contributed by atoms with E-state index in [0.717, 1.165) is 5.56 Å². The molecule has 9 heteroatoms. The highest BCUT2D eigenvalue weighted by molar-refractivity contribution is 7.89. The molecule has 0 unspecified atom stereocenters. The number of nitrogens with one attached hydrogen (secondary N) is 1. The molecule has 1 aliphatic heterocycles. The fourth-order valence-electron chi connectivity index (χ4n) is 3.37. The third kappa shape index (κ3) is 5.00. The molecule has 0 spiro atoms. The van der Waals surface area contributed by atoms with Gasteiger partial charge in [-0.15, -0.1) is 0 Å². The molecule has 1 heterocycles. The number of imide groups is 1. The predicted octanol–water partition coefficient (Wildman–Crippen LogP) is 2.62. The highest BCUT2D eigenvalue weighted by Crippen LogP contribution is 2.19. The van der Waals surface area contributed by atoms with Crippen molar-refractivity contribution in [1.29, 1.82) is 0 Å². The molecule has 0 atom stereocenters. The van der Waals surface area contributed by atoms with Crippen LogP contribution >= 0.6 is 0 Å². The minimum atomic E-state index is -3.58. The highest BCUT2D eigenvalue weighted by atomic mass is 32.2. The van der Waals surface area contributed by atoms with Crippen LogP contribution in [-0.2, 0) is 26.2 Å². The first kappa shape index (κ1) is 22.6. The molecule has 0 radical (unpaired) electrons. The molecule has 8 nitrogen and oxygen atoms in total. The Kier molecular flexibility index (Phi) is 6.87. The number of nitrogens with zero attached hydrogens (tertiary/aromatic N) is 2. The Hall–Kier alpha value is -3.04. The van der Waals surface area contributed by atoms with Crippen molar-refractivity contribution in [3.05, 3.63) is 59.7 Å². The van der Waals surface area contributed by atoms with Gasteiger partial charge in [0, 0.05) is 37.2 Å². The third-order valence-corrected chi connectivity index (χ3v) is 7.23. The van der Waals surface area contributed by atoms with Gasteiger partial charge < -0.3 is 5.32 Å². The lowest BCUT2D eigenvalue weighted by Gasteiger charge is -2.18. The van der Waals surface area contributed by atoms with E-state index in [2.05, 4.69) is 5.32 Å². The van der Waals surface area contributed by atoms with Crippen LogP contribution in [0.1, 0.15) is 42.6 Å². The van der Waals surface area contributed by atoms with Crippen LogP contribution in [0.2, 0.25) is 0 Å². The molecule has 1 saturated heterocycles. The van der Waals surface area contributed by atoms with Crippen LogP contribution in [0, 0.1) is 0 Å². The van der Waals surface area contributed by atoms with E-state index in [1.807, 2.05) is 0 Å². The van der Waals surface area contributed by atoms with Crippen LogP contribution in [-0.4, -0.2) is 48.4 Å². The Morgan fingerprint density at radius 1 is 0.935 bits per heavy atom. The third-order valence-electron chi connectivity index (χ3n) is 5.17. The van der Waals surface area contributed by atoms with Gasteiger partial charge in [-0.05, 0) is 42.0 Å². The summed E-state index contributed by atoms with van der Waals surface area (Å²) in [5.74, 6) is -0.716. The molecule has 3 rings (SSSR count). The zero-order valence-corrected chi connectivity index (χ0v) is 18.3. The second-order valence-corrected chi connectivity index (χ2v) is 9.08. The normalized spacial score (nSPS) is 14.4. The predicted molar refractivity (Wildman–Crippen MR) is 116 cm³/mol. The minimum Gasteiger partial charge on any atom is -0.322 e. The van der Waals surface area contributed by atoms with E-state index in [4.69, 9.17) is 0 Å². The van der Waals surface area contributed by atoms with Gasteiger partial charge in [0.2, 0.25) is 21.8 Å². The van der Waals surface area contributed by atoms with Crippen LogP contribution in [0.15, 0.2) is 53.4 Å². The smallest absolute Gasteiger partial charge is 0.255 e. The zero-order chi connectivity index (χ0) is 22.6. The van der Waals surface area contributed by atoms with E-state index < -0.39 is 10.0 Å². The van der Waals surface area contributed by atoms with Crippen LogP contribution in [0.4, 0.5) is 5.69 Å². The van der Waals surface area contributed by atoms with E-state index in [1.165, 1.54) is 33.5 Å². The highest BCUT2D eigenvalue weighted by Gasteiger charge is 2.28. The topological polar surface area (TPSA) is 104 Å². The number of hydrogen-bond donors (Lipinski definition) is 1. The Labute approximate surface area is 181 Å². The number of carbonyl (C=O) groups is 3. The van der Waals surface area contributed by atoms with Crippen molar-refractivity contribution in [2.75, 3.05) is 18.4 Å². The van der Waals surface area contributed by atoms with Gasteiger partial charge in [-0.3, -0.25) is 19.3 Å². The molecule has 164 valence electrons. The Bertz CT molecular complexity index is 1060. The van der Waals surface area contributed by atoms with Gasteiger partial charge in [-0.1, -0.05) is 26.0 Å². The summed E-state index contributed by atoms with van der Waals surface area (Å²) in [5, 5.41) is 2.75. The van der Waals surface area contributed by atoms with Crippen LogP contribution in [0.3, 0.4) is 0 Å². The Balaban J connectivity index is 1.65. The van der Waals surface area contributed by atoms with Crippen molar-refractivity contribution < 1.29 is 22.8 Å². The fourth-order valence-corrected chi connectivity index (χ4v) is 4.83. The summed E-state index contributed by atoms with van der Waals surface area (Å²) in [6.45, 7) is 4.51. The van der Waals surface area contributed by atoms with Gasteiger partial charge in [-0.25, -0.2) is 8.42 Å². The lowest BCUT2D eigenvalue weighted by Crippen LogP contribution is -2.30. The quantitative estimate of drug-likeness (QED) is 0.632. The van der Waals surface area contributed by atoms with E-state index >= 15 is 0 Å². The molecule has 1 fully saturated rings. The zero-order valence-electron chi connectivity index (χ0n) is 17.5. The Morgan fingerprint density at radius 2 is 1.48 bits per heavy atom. The molecular formula is C22H25N3O5S. The summed E-state index contributed by atoms with van der Waals surface area (Å²) in [7, 11) is -3.58. The fraction of sp³-hybridized carbons (Fsp3) is 0.318. The first-order chi connectivity index (χ1) is 14.8. The summed E-state index contributed by atoms with van der Waals surface area (Å²) in [4.78, 5) is 37.3. The summed E-state index contributed by atoms with van der Waals surface area (Å²) >= 11 is 0. The molecule has 2 aromatic carbocycles. The maximum atomic E-state index is 12.5. The van der Waals surface area contributed by atoms with Crippen molar-refractivity contribution in [3.8, 4) is 0 Å². The second kappa shape index (κ2) is 9.40. The molecular weight excluding hydrogens is 418 g/mol. The summed E-state index contributed by atoms with van der Waals surface area (Å²) < 4.78 is 26.4. The van der Waals surface area contributed by atoms with Crippen molar-refractivity contribution in [3.63, 3.8) is 0 Å². The molecule has 31 heavy (non-hydrogen) atoms. The summed E-state index contributed by atoms with van der Waals surface area (Å²) in [6.07, 6.45) is 0.504. The number of benzene rings is 2. The van der Waals surface area contributed by atoms with Crippen molar-refractivity contribution in [1.82, 2.24) is 9.21 Å². The maximum Gasteiger partial charge on any atom is 0.255 e. The van der Waals surface area contributed by atoms with E-state index in [1.54, 1.807) is 38.1 Å². The molecule has 1 N–H and O–H groups in total. The van der Waals surface area contributed by atoms with Crippen LogP contribution < -0.4 is 5.32 Å². The van der Waals surface area contributed by atoms with Crippen molar-refractivity contribution in [2.24, 2.45) is 0 Å². The van der Waals surface area contributed by atoms with E-state index in [-0.39, 0.29) is 42.0 Å². The van der Waals surface area contributed by atoms with Crippen LogP contribution in [0.25, 0.3) is 0 Å². The summed E-state index contributed by atoms with van der Waals surface area (Å²) in [5.41, 5.74) is 1.66. The van der Waals surface area contributed by atoms with Gasteiger partial charge in [0.25, 0.3) is 5.91 Å². The Morgan fingerprint density at radius 3 is 2.00 bits per heavy atom. The maximum absolute atomic E-state index is 12.5. The first-order valence-electron chi connectivity index (χ1n) is 10.1. The molecule has 0 aliphatic carbocycles. The number of amides is 3. The average Bonchev–Trinajstić information content (AvgIpc) is 3.08. The summed E-state index contributed by atoms with van der Waals surface area (Å²) in [6, 6.07) is 12.7. The second-order valence-electron chi connectivity index (χ2n) is 7.14. The van der Waals surface area contributed by atoms with Gasteiger partial charge in [0.05, 0.1) is 11.4 Å². The average molecular weight is 444 g/mol. The SMILES string of the molecule is CCN(CC)S(=O)(=O)c1ccc(C(=O)Nc2ccc(CN3C(=O)CCC3=O)cc2)cc1. The monoisotopic (exact) mass is 443 g/mol. The molecule has 0 saturated carbocycles. The van der Waals surface area contributed by atoms with Crippen molar-refractivity contribution in [2.45, 2.75) is 38.1 Å². The van der Waals surface area contributed by atoms with Gasteiger partial charge in [0.1, 0.15) is 0 Å². The standard InChI is InChI=1S/C22H25N3O5S/c1-3-24(4-2)31(29,30)19-11-7-17(8-12-19)22(28)23-18-9-5-16(6-10-18)15-25-20(26)13-14-21(25)27/h5-12H,3-4,13-15H2,1-2H3,(H,23,28). The molecule has 0 aromatic heterocycles. The molecule has 3 amide bonds. The van der Waals surface area contributed by atoms with E-state index in [9.17, 15) is 22.8 Å². The number of hydrogen-bond acceptors (Lipinski definition) is 5. The number of carbonyl (C=O) groups excluding carboxylic acids is 3. The number of likely N-dealkylation sites (tertiary alicyclic amines) is 1. The molecule has 2 aromatic rings. The number of anilines is 1. The minimum absolute atomic E-state index is 0.142. The lowest BCUT2D eigenvalue weighted by atomic mass is 10.1. The van der Waals surface area contributed by atoms with Gasteiger partial charge >= 0.3 is 0 Å². The first-order valence-corrected chi connectivity index (χ1v) is 11.5. The van der Waals surface area contributed by atoms with Crippen LogP contribution in [0.5, 0.6) is 0 Å².